The number of para-hydroxylation sites is 1. The van der Waals surface area contributed by atoms with Gasteiger partial charge in [0.2, 0.25) is 0 Å². The highest BCUT2D eigenvalue weighted by molar-refractivity contribution is 6.32. The Balaban J connectivity index is 1.94. The summed E-state index contributed by atoms with van der Waals surface area (Å²) >= 11 is 0. The summed E-state index contributed by atoms with van der Waals surface area (Å²) in [6.07, 6.45) is 0. The molecule has 1 aromatic heterocycles. The third kappa shape index (κ3) is 1.73. The van der Waals surface area contributed by atoms with Crippen molar-refractivity contribution >= 4 is 35.2 Å². The van der Waals surface area contributed by atoms with Gasteiger partial charge in [-0.05, 0) is 29.3 Å². The number of rotatable bonds is 1. The van der Waals surface area contributed by atoms with Crippen molar-refractivity contribution in [1.82, 2.24) is 0 Å². The summed E-state index contributed by atoms with van der Waals surface area (Å²) < 4.78 is 5.91. The first-order valence-electron chi connectivity index (χ1n) is 6.58. The normalized spacial score (nSPS) is 11.2. The Morgan fingerprint density at radius 1 is 0.650 bits per heavy atom. The first-order valence-corrected chi connectivity index (χ1v) is 6.58. The lowest BCUT2D eigenvalue weighted by atomic mass is 9.93. The molecule has 0 aliphatic rings. The zero-order valence-electron chi connectivity index (χ0n) is 10.8. The second-order valence-electron chi connectivity index (χ2n) is 4.93. The Bertz CT molecular complexity index is 904. The third-order valence-electron chi connectivity index (χ3n) is 3.62. The molecule has 0 aliphatic carbocycles. The molecule has 92 valence electrons. The summed E-state index contributed by atoms with van der Waals surface area (Å²) in [5.41, 5.74) is 4.90. The van der Waals surface area contributed by atoms with E-state index >= 15 is 0 Å². The highest BCUT2D eigenvalue weighted by Gasteiger charge is 2.07. The van der Waals surface area contributed by atoms with E-state index < -0.39 is 0 Å². The molecule has 1 nitrogen and oxygen atoms in total. The van der Waals surface area contributed by atoms with Gasteiger partial charge in [0.1, 0.15) is 19.0 Å². The molecule has 3 aromatic carbocycles. The lowest BCUT2D eigenvalue weighted by molar-refractivity contribution is 0.669. The molecule has 0 atom stereocenters. The zero-order chi connectivity index (χ0) is 13.5. The molecule has 0 N–H and O–H groups in total. The molecular weight excluding hydrogens is 243 g/mol. The van der Waals surface area contributed by atoms with Crippen LogP contribution in [0.1, 0.15) is 0 Å². The molecule has 2 heteroatoms. The van der Waals surface area contributed by atoms with Crippen LogP contribution in [0.3, 0.4) is 0 Å². The van der Waals surface area contributed by atoms with Crippen molar-refractivity contribution in [3.63, 3.8) is 0 Å². The minimum absolute atomic E-state index is 0.776. The van der Waals surface area contributed by atoms with Gasteiger partial charge in [-0.3, -0.25) is 0 Å². The third-order valence-corrected chi connectivity index (χ3v) is 3.62. The highest BCUT2D eigenvalue weighted by atomic mass is 16.3. The van der Waals surface area contributed by atoms with Crippen LogP contribution in [0.15, 0.2) is 71.1 Å². The minimum Gasteiger partial charge on any atom is -0.456 e. The number of fused-ring (bicyclic) bond motifs is 3. The van der Waals surface area contributed by atoms with Crippen LogP contribution >= 0.6 is 0 Å². The fourth-order valence-electron chi connectivity index (χ4n) is 2.58. The maximum absolute atomic E-state index is 5.91. The largest absolute Gasteiger partial charge is 0.456 e. The second-order valence-corrected chi connectivity index (χ2v) is 4.93. The van der Waals surface area contributed by atoms with Gasteiger partial charge in [0.25, 0.3) is 0 Å². The summed E-state index contributed by atoms with van der Waals surface area (Å²) in [7, 11) is 5.73. The highest BCUT2D eigenvalue weighted by Crippen LogP contribution is 2.31. The fraction of sp³-hybridized carbons (Fsp3) is 0. The van der Waals surface area contributed by atoms with Gasteiger partial charge in [-0.2, -0.15) is 0 Å². The lowest BCUT2D eigenvalue weighted by Crippen LogP contribution is -1.98. The summed E-state index contributed by atoms with van der Waals surface area (Å²) in [6, 6.07) is 22.3. The van der Waals surface area contributed by atoms with Crippen molar-refractivity contribution in [2.75, 3.05) is 0 Å². The van der Waals surface area contributed by atoms with Crippen LogP contribution in [0.5, 0.6) is 0 Å². The average molecular weight is 254 g/mol. The smallest absolute Gasteiger partial charge is 0.136 e. The van der Waals surface area contributed by atoms with Gasteiger partial charge < -0.3 is 4.42 Å². The number of hydrogen-bond donors (Lipinski definition) is 0. The maximum atomic E-state index is 5.91. The summed E-state index contributed by atoms with van der Waals surface area (Å²) in [6.45, 7) is 0. The van der Waals surface area contributed by atoms with E-state index in [1.807, 2.05) is 42.5 Å². The van der Waals surface area contributed by atoms with E-state index in [0.29, 0.717) is 0 Å². The molecule has 0 unspecified atom stereocenters. The SMILES string of the molecule is [B]c1ccc(-c2ccc3c(c2)oc2ccccc23)cc1. The van der Waals surface area contributed by atoms with Crippen LogP contribution in [0, 0.1) is 0 Å². The van der Waals surface area contributed by atoms with Crippen LogP contribution in [0.4, 0.5) is 0 Å². The van der Waals surface area contributed by atoms with Gasteiger partial charge in [0, 0.05) is 10.8 Å². The number of benzene rings is 3. The van der Waals surface area contributed by atoms with E-state index in [9.17, 15) is 0 Å². The van der Waals surface area contributed by atoms with Crippen molar-refractivity contribution in [1.29, 1.82) is 0 Å². The van der Waals surface area contributed by atoms with E-state index in [1.165, 1.54) is 0 Å². The van der Waals surface area contributed by atoms with Crippen LogP contribution in [-0.4, -0.2) is 7.85 Å². The monoisotopic (exact) mass is 254 g/mol. The number of hydrogen-bond acceptors (Lipinski definition) is 1. The Hall–Kier alpha value is -2.48. The van der Waals surface area contributed by atoms with Crippen LogP contribution in [0.25, 0.3) is 33.1 Å². The molecule has 0 amide bonds. The molecule has 0 saturated heterocycles. The summed E-state index contributed by atoms with van der Waals surface area (Å²) in [4.78, 5) is 0. The van der Waals surface area contributed by atoms with Gasteiger partial charge in [-0.15, -0.1) is 0 Å². The molecule has 4 rings (SSSR count). The molecule has 4 aromatic rings. The molecule has 1 heterocycles. The van der Waals surface area contributed by atoms with Crippen molar-refractivity contribution in [2.45, 2.75) is 0 Å². The van der Waals surface area contributed by atoms with E-state index in [0.717, 1.165) is 38.5 Å². The van der Waals surface area contributed by atoms with Gasteiger partial charge in [0.15, 0.2) is 0 Å². The van der Waals surface area contributed by atoms with E-state index in [2.05, 4.69) is 24.3 Å². The predicted molar refractivity (Wildman–Crippen MR) is 84.5 cm³/mol. The van der Waals surface area contributed by atoms with Gasteiger partial charge in [-0.1, -0.05) is 54.0 Å². The number of furan rings is 1. The first-order chi connectivity index (χ1) is 9.81. The van der Waals surface area contributed by atoms with Crippen molar-refractivity contribution in [3.8, 4) is 11.1 Å². The second kappa shape index (κ2) is 4.27. The van der Waals surface area contributed by atoms with Crippen LogP contribution in [0.2, 0.25) is 0 Å². The van der Waals surface area contributed by atoms with Crippen molar-refractivity contribution in [3.05, 3.63) is 66.7 Å². The van der Waals surface area contributed by atoms with Crippen LogP contribution < -0.4 is 5.46 Å². The Kier molecular flexibility index (Phi) is 2.43. The molecule has 2 radical (unpaired) electrons. The Morgan fingerprint density at radius 2 is 1.35 bits per heavy atom. The molecule has 0 bridgehead atoms. The van der Waals surface area contributed by atoms with E-state index in [1.54, 1.807) is 0 Å². The summed E-state index contributed by atoms with van der Waals surface area (Å²) in [5, 5.41) is 2.31. The average Bonchev–Trinajstić information content (AvgIpc) is 2.85. The maximum Gasteiger partial charge on any atom is 0.136 e. The fourth-order valence-corrected chi connectivity index (χ4v) is 2.58. The van der Waals surface area contributed by atoms with E-state index in [4.69, 9.17) is 12.3 Å². The minimum atomic E-state index is 0.776. The predicted octanol–water partition coefficient (Wildman–Crippen LogP) is 4.05. The van der Waals surface area contributed by atoms with Crippen molar-refractivity contribution < 1.29 is 4.42 Å². The summed E-state index contributed by atoms with van der Waals surface area (Å²) in [5.74, 6) is 0. The topological polar surface area (TPSA) is 13.1 Å². The Labute approximate surface area is 118 Å². The zero-order valence-corrected chi connectivity index (χ0v) is 10.8. The molecule has 0 spiro atoms. The van der Waals surface area contributed by atoms with Gasteiger partial charge in [0.05, 0.1) is 0 Å². The molecule has 20 heavy (non-hydrogen) atoms. The van der Waals surface area contributed by atoms with Gasteiger partial charge >= 0.3 is 0 Å². The first kappa shape index (κ1) is 11.4. The molecular formula is C18H11BO. The molecule has 0 fully saturated rings. The van der Waals surface area contributed by atoms with Crippen molar-refractivity contribution in [2.24, 2.45) is 0 Å². The van der Waals surface area contributed by atoms with Crippen LogP contribution in [-0.2, 0) is 0 Å². The van der Waals surface area contributed by atoms with Gasteiger partial charge in [-0.25, -0.2) is 0 Å². The van der Waals surface area contributed by atoms with E-state index in [-0.39, 0.29) is 0 Å². The molecule has 0 aliphatic heterocycles. The standard InChI is InChI=1S/C18H11BO/c19-14-8-5-12(6-9-14)13-7-10-16-15-3-1-2-4-17(15)20-18(16)11-13/h1-11H. The Morgan fingerprint density at radius 3 is 2.20 bits per heavy atom. The lowest BCUT2D eigenvalue weighted by Gasteiger charge is -2.02. The molecule has 0 saturated carbocycles. The quantitative estimate of drug-likeness (QED) is 0.467.